The monoisotopic (exact) mass is 318 g/mol. The third kappa shape index (κ3) is 4.28. The first-order chi connectivity index (χ1) is 10.9. The summed E-state index contributed by atoms with van der Waals surface area (Å²) in [5.41, 5.74) is 2.65. The van der Waals surface area contributed by atoms with Gasteiger partial charge in [-0.25, -0.2) is 13.8 Å². The summed E-state index contributed by atoms with van der Waals surface area (Å²) in [5, 5.41) is 0. The van der Waals surface area contributed by atoms with E-state index in [1.54, 1.807) is 6.34 Å². The Morgan fingerprint density at radius 3 is 2.48 bits per heavy atom. The maximum atomic E-state index is 13.3. The van der Waals surface area contributed by atoms with Crippen LogP contribution in [0.2, 0.25) is 0 Å². The van der Waals surface area contributed by atoms with Gasteiger partial charge in [0.15, 0.2) is 11.6 Å². The quantitative estimate of drug-likeness (QED) is 0.573. The molecule has 0 unspecified atom stereocenters. The molecule has 2 rings (SSSR count). The number of aliphatic imine (C=N–C) groups is 1. The van der Waals surface area contributed by atoms with Gasteiger partial charge in [0.25, 0.3) is 0 Å². The molecule has 5 heteroatoms. The Morgan fingerprint density at radius 1 is 1.09 bits per heavy atom. The van der Waals surface area contributed by atoms with Crippen LogP contribution in [0.1, 0.15) is 18.1 Å². The van der Waals surface area contributed by atoms with Gasteiger partial charge >= 0.3 is 0 Å². The summed E-state index contributed by atoms with van der Waals surface area (Å²) in [4.78, 5) is 6.42. The molecular weight excluding hydrogens is 298 g/mol. The molecular formula is C18H20F2N2O. The van der Waals surface area contributed by atoms with Crippen molar-refractivity contribution in [3.05, 3.63) is 53.1 Å². The third-order valence-electron chi connectivity index (χ3n) is 3.51. The lowest BCUT2D eigenvalue weighted by atomic mass is 10.1. The standard InChI is InChI=1S/C18H20F2N2O/c1-5-22(4)11-21-17-8-13(3)18(9-12(17)2)23-14-6-7-15(19)16(20)10-14/h6-11H,5H2,1-4H3/b21-11+. The molecule has 0 amide bonds. The number of aryl methyl sites for hydroxylation is 2. The van der Waals surface area contributed by atoms with Gasteiger partial charge < -0.3 is 9.64 Å². The second kappa shape index (κ2) is 7.22. The number of hydrogen-bond acceptors (Lipinski definition) is 2. The smallest absolute Gasteiger partial charge is 0.162 e. The maximum absolute atomic E-state index is 13.3. The average Bonchev–Trinajstić information content (AvgIpc) is 2.52. The van der Waals surface area contributed by atoms with Crippen LogP contribution in [0, 0.1) is 25.5 Å². The highest BCUT2D eigenvalue weighted by atomic mass is 19.2. The first-order valence-corrected chi connectivity index (χ1v) is 7.39. The molecule has 3 nitrogen and oxygen atoms in total. The van der Waals surface area contributed by atoms with Crippen molar-refractivity contribution in [2.75, 3.05) is 13.6 Å². The zero-order valence-electron chi connectivity index (χ0n) is 13.7. The van der Waals surface area contributed by atoms with Gasteiger partial charge in [-0.1, -0.05) is 0 Å². The largest absolute Gasteiger partial charge is 0.457 e. The van der Waals surface area contributed by atoms with Gasteiger partial charge in [-0.15, -0.1) is 0 Å². The van der Waals surface area contributed by atoms with Crippen molar-refractivity contribution in [3.63, 3.8) is 0 Å². The molecule has 0 heterocycles. The topological polar surface area (TPSA) is 24.8 Å². The molecule has 0 radical (unpaired) electrons. The molecule has 0 aromatic heterocycles. The molecule has 0 fully saturated rings. The molecule has 0 saturated heterocycles. The Kier molecular flexibility index (Phi) is 5.32. The van der Waals surface area contributed by atoms with E-state index >= 15 is 0 Å². The van der Waals surface area contributed by atoms with E-state index in [-0.39, 0.29) is 5.75 Å². The van der Waals surface area contributed by atoms with E-state index in [0.717, 1.165) is 35.5 Å². The van der Waals surface area contributed by atoms with E-state index in [9.17, 15) is 8.78 Å². The molecule has 0 bridgehead atoms. The van der Waals surface area contributed by atoms with Crippen LogP contribution in [0.15, 0.2) is 35.3 Å². The number of halogens is 2. The van der Waals surface area contributed by atoms with Crippen LogP contribution >= 0.6 is 0 Å². The molecule has 0 atom stereocenters. The van der Waals surface area contributed by atoms with Crippen molar-refractivity contribution in [3.8, 4) is 11.5 Å². The minimum Gasteiger partial charge on any atom is -0.457 e. The number of benzene rings is 2. The number of ether oxygens (including phenoxy) is 1. The van der Waals surface area contributed by atoms with E-state index in [1.807, 2.05) is 44.9 Å². The Labute approximate surface area is 135 Å². The summed E-state index contributed by atoms with van der Waals surface area (Å²) >= 11 is 0. The maximum Gasteiger partial charge on any atom is 0.162 e. The Morgan fingerprint density at radius 2 is 1.83 bits per heavy atom. The van der Waals surface area contributed by atoms with Crippen molar-refractivity contribution in [1.82, 2.24) is 4.90 Å². The predicted octanol–water partition coefficient (Wildman–Crippen LogP) is 4.99. The van der Waals surface area contributed by atoms with Gasteiger partial charge in [0.05, 0.1) is 12.0 Å². The molecule has 0 aliphatic carbocycles. The summed E-state index contributed by atoms with van der Waals surface area (Å²) in [6, 6.07) is 7.23. The van der Waals surface area contributed by atoms with Crippen molar-refractivity contribution in [2.45, 2.75) is 20.8 Å². The second-order valence-electron chi connectivity index (χ2n) is 5.40. The number of nitrogens with zero attached hydrogens (tertiary/aromatic N) is 2. The van der Waals surface area contributed by atoms with E-state index in [2.05, 4.69) is 4.99 Å². The second-order valence-corrected chi connectivity index (χ2v) is 5.40. The van der Waals surface area contributed by atoms with Crippen molar-refractivity contribution in [1.29, 1.82) is 0 Å². The normalized spacial score (nSPS) is 11.0. The first kappa shape index (κ1) is 16.9. The van der Waals surface area contributed by atoms with Gasteiger partial charge in [0.1, 0.15) is 11.5 Å². The van der Waals surface area contributed by atoms with Crippen molar-refractivity contribution >= 4 is 12.0 Å². The van der Waals surface area contributed by atoms with E-state index in [0.29, 0.717) is 5.75 Å². The summed E-state index contributed by atoms with van der Waals surface area (Å²) in [7, 11) is 1.95. The van der Waals surface area contributed by atoms with E-state index in [1.165, 1.54) is 6.07 Å². The molecule has 2 aromatic rings. The van der Waals surface area contributed by atoms with Gasteiger partial charge in [-0.2, -0.15) is 0 Å². The molecule has 0 N–H and O–H groups in total. The number of rotatable bonds is 5. The summed E-state index contributed by atoms with van der Waals surface area (Å²) in [5.74, 6) is -0.972. The van der Waals surface area contributed by atoms with Crippen LogP contribution < -0.4 is 4.74 Å². The Bertz CT molecular complexity index is 729. The van der Waals surface area contributed by atoms with Crippen LogP contribution in [0.4, 0.5) is 14.5 Å². The lowest BCUT2D eigenvalue weighted by Crippen LogP contribution is -2.14. The van der Waals surface area contributed by atoms with Crippen LogP contribution in [0.25, 0.3) is 0 Å². The molecule has 23 heavy (non-hydrogen) atoms. The fourth-order valence-electron chi connectivity index (χ4n) is 1.93. The minimum absolute atomic E-state index is 0.258. The van der Waals surface area contributed by atoms with Crippen molar-refractivity contribution in [2.24, 2.45) is 4.99 Å². The van der Waals surface area contributed by atoms with Gasteiger partial charge in [0.2, 0.25) is 0 Å². The van der Waals surface area contributed by atoms with Crippen molar-refractivity contribution < 1.29 is 13.5 Å². The molecule has 122 valence electrons. The van der Waals surface area contributed by atoms with Crippen LogP contribution in [-0.4, -0.2) is 24.8 Å². The summed E-state index contributed by atoms with van der Waals surface area (Å²) in [6.07, 6.45) is 1.78. The van der Waals surface area contributed by atoms with Gasteiger partial charge in [-0.05, 0) is 56.2 Å². The Hall–Kier alpha value is -2.43. The zero-order chi connectivity index (χ0) is 17.0. The van der Waals surface area contributed by atoms with Crippen LogP contribution in [-0.2, 0) is 0 Å². The SMILES string of the molecule is CCN(C)/C=N/c1cc(C)c(Oc2ccc(F)c(F)c2)cc1C. The Balaban J connectivity index is 2.25. The van der Waals surface area contributed by atoms with E-state index < -0.39 is 11.6 Å². The van der Waals surface area contributed by atoms with Crippen LogP contribution in [0.3, 0.4) is 0 Å². The third-order valence-corrected chi connectivity index (χ3v) is 3.51. The van der Waals surface area contributed by atoms with Gasteiger partial charge in [0, 0.05) is 19.7 Å². The average molecular weight is 318 g/mol. The van der Waals surface area contributed by atoms with Crippen LogP contribution in [0.5, 0.6) is 11.5 Å². The first-order valence-electron chi connectivity index (χ1n) is 7.39. The van der Waals surface area contributed by atoms with Gasteiger partial charge in [-0.3, -0.25) is 0 Å². The summed E-state index contributed by atoms with van der Waals surface area (Å²) in [6.45, 7) is 6.73. The minimum atomic E-state index is -0.930. The highest BCUT2D eigenvalue weighted by Crippen LogP contribution is 2.31. The number of hydrogen-bond donors (Lipinski definition) is 0. The summed E-state index contributed by atoms with van der Waals surface area (Å²) < 4.78 is 31.9. The fraction of sp³-hybridized carbons (Fsp3) is 0.278. The molecule has 0 aliphatic heterocycles. The highest BCUT2D eigenvalue weighted by Gasteiger charge is 2.08. The van der Waals surface area contributed by atoms with E-state index in [4.69, 9.17) is 4.74 Å². The zero-order valence-corrected chi connectivity index (χ0v) is 13.7. The lowest BCUT2D eigenvalue weighted by molar-refractivity contribution is 0.459. The predicted molar refractivity (Wildman–Crippen MR) is 88.8 cm³/mol. The molecule has 0 spiro atoms. The fourth-order valence-corrected chi connectivity index (χ4v) is 1.93. The molecule has 2 aromatic carbocycles. The lowest BCUT2D eigenvalue weighted by Gasteiger charge is -2.13. The highest BCUT2D eigenvalue weighted by molar-refractivity contribution is 5.64. The molecule has 0 aliphatic rings. The molecule has 0 saturated carbocycles.